The molecule has 3 N–H and O–H groups in total. The maximum Gasteiger partial charge on any atom is 0.509 e. The number of aliphatic hydroxyl groups is 1. The van der Waals surface area contributed by atoms with Crippen molar-refractivity contribution in [1.29, 1.82) is 0 Å². The number of rotatable bonds is 19. The van der Waals surface area contributed by atoms with E-state index >= 15 is 9.59 Å². The number of hydrogen-bond donors (Lipinski definition) is 3. The van der Waals surface area contributed by atoms with E-state index in [1.165, 1.54) is 76.2 Å². The lowest BCUT2D eigenvalue weighted by atomic mass is 9.44. The molecule has 2 bridgehead atoms. The van der Waals surface area contributed by atoms with E-state index in [9.17, 15) is 43.8 Å². The summed E-state index contributed by atoms with van der Waals surface area (Å²) in [6.45, 7) is 15.3. The Bertz CT molecular complexity index is 2680. The third-order valence-electron chi connectivity index (χ3n) is 14.3. The van der Waals surface area contributed by atoms with Gasteiger partial charge in [0.25, 0.3) is 0 Å². The number of carbonyl (C=O) groups excluding carboxylic acids is 8. The summed E-state index contributed by atoms with van der Waals surface area (Å²) in [5, 5.41) is 25.9. The van der Waals surface area contributed by atoms with E-state index in [1.807, 2.05) is 0 Å². The predicted molar refractivity (Wildman–Crippen MR) is 267 cm³/mol. The molecule has 23 heteroatoms. The van der Waals surface area contributed by atoms with Gasteiger partial charge in [-0.25, -0.2) is 33.6 Å². The molecule has 1 aliphatic heterocycles. The van der Waals surface area contributed by atoms with Crippen LogP contribution in [0, 0.1) is 16.7 Å². The Kier molecular flexibility index (Phi) is 18.3. The third kappa shape index (κ3) is 12.4. The summed E-state index contributed by atoms with van der Waals surface area (Å²) in [7, 11) is 0. The number of ether oxygens (including phenoxy) is 11. The Labute approximate surface area is 449 Å². The number of alkyl carbamates (subject to hydrolysis) is 1. The first-order chi connectivity index (χ1) is 36.6. The van der Waals surface area contributed by atoms with Gasteiger partial charge in [-0.15, -0.1) is 0 Å². The van der Waals surface area contributed by atoms with Gasteiger partial charge in [0.05, 0.1) is 23.5 Å². The van der Waals surface area contributed by atoms with E-state index in [4.69, 9.17) is 52.1 Å². The third-order valence-corrected chi connectivity index (χ3v) is 14.3. The lowest BCUT2D eigenvalue weighted by Crippen LogP contribution is -2.82. The molecule has 2 aromatic rings. The maximum atomic E-state index is 16.3. The molecule has 23 nitrogen and oxygen atoms in total. The van der Waals surface area contributed by atoms with Crippen molar-refractivity contribution in [3.05, 3.63) is 108 Å². The summed E-state index contributed by atoms with van der Waals surface area (Å²) in [6.07, 6.45) is -13.6. The van der Waals surface area contributed by atoms with Gasteiger partial charge in [0, 0.05) is 25.2 Å². The predicted octanol–water partition coefficient (Wildman–Crippen LogP) is 5.61. The van der Waals surface area contributed by atoms with Gasteiger partial charge < -0.3 is 67.6 Å². The highest BCUT2D eigenvalue weighted by Crippen LogP contribution is 2.65. The summed E-state index contributed by atoms with van der Waals surface area (Å²) in [4.78, 5) is 125. The van der Waals surface area contributed by atoms with Crippen molar-refractivity contribution in [1.82, 2.24) is 5.32 Å². The van der Waals surface area contributed by atoms with Crippen LogP contribution in [0.4, 0.5) is 14.4 Å². The standard InChI is InChI=1S/C55H65NO22/c1-11-23-69-49(65)73-35-25-36-54(29-71-36,77-31(4)57)43-45(76-46(62)33-21-17-14-18-22-33)55(67)26-34(30(3)39(52(55,8)9)41(44(61)53(35,43)10)75-50(66)70-24-12-2)72-47(63)42(74-38(60)28-68-27-37(58)59)40(32-19-15-13-16-20-32)56-48(64)78-51(5,6)7/h11-22,34-36,40-43,45,67H,1-2,23-29H2,3-10H3,(H,56,64)(H,58,59)/t34-,35-,36+,40-,41+,42+,43-,45-,53+,54-,55+/m0/s1. The van der Waals surface area contributed by atoms with Gasteiger partial charge in [0.1, 0.15) is 68.1 Å². The quantitative estimate of drug-likeness (QED) is 0.0875. The number of hydrogen-bond acceptors (Lipinski definition) is 21. The zero-order valence-corrected chi connectivity index (χ0v) is 44.5. The number of ketones is 1. The maximum absolute atomic E-state index is 16.3. The summed E-state index contributed by atoms with van der Waals surface area (Å²) in [5.74, 6) is -9.00. The average Bonchev–Trinajstić information content (AvgIpc) is 3.36. The topological polar surface area (TPSA) is 308 Å². The highest BCUT2D eigenvalue weighted by atomic mass is 16.7. The largest absolute Gasteiger partial charge is 0.509 e. The summed E-state index contributed by atoms with van der Waals surface area (Å²) in [5.41, 5.74) is -10.2. The van der Waals surface area contributed by atoms with Crippen LogP contribution in [0.2, 0.25) is 0 Å². The molecule has 4 aliphatic rings. The molecule has 6 rings (SSSR count). The molecule has 422 valence electrons. The summed E-state index contributed by atoms with van der Waals surface area (Å²) in [6, 6.07) is 13.6. The zero-order chi connectivity index (χ0) is 57.5. The molecule has 2 saturated carbocycles. The normalized spacial score (nSPS) is 27.5. The molecule has 1 saturated heterocycles. The smallest absolute Gasteiger partial charge is 0.480 e. The van der Waals surface area contributed by atoms with Crippen LogP contribution < -0.4 is 5.32 Å². The number of amides is 1. The average molecular weight is 1090 g/mol. The van der Waals surface area contributed by atoms with Crippen LogP contribution in [0.25, 0.3) is 0 Å². The molecular weight excluding hydrogens is 1030 g/mol. The molecule has 0 radical (unpaired) electrons. The number of fused-ring (bicyclic) bond motifs is 5. The van der Waals surface area contributed by atoms with E-state index in [1.54, 1.807) is 45.0 Å². The molecule has 11 atom stereocenters. The molecule has 3 fully saturated rings. The molecule has 3 aliphatic carbocycles. The minimum absolute atomic E-state index is 0.0486. The van der Waals surface area contributed by atoms with Crippen molar-refractivity contribution >= 4 is 54.0 Å². The van der Waals surface area contributed by atoms with E-state index in [0.717, 1.165) is 6.92 Å². The van der Waals surface area contributed by atoms with Crippen LogP contribution in [0.15, 0.2) is 97.1 Å². The van der Waals surface area contributed by atoms with Gasteiger partial charge >= 0.3 is 48.3 Å². The molecule has 0 aromatic heterocycles. The second kappa shape index (κ2) is 23.9. The number of esters is 4. The number of carboxylic acids is 1. The van der Waals surface area contributed by atoms with E-state index in [-0.39, 0.29) is 35.3 Å². The van der Waals surface area contributed by atoms with Gasteiger partial charge in [-0.3, -0.25) is 9.59 Å². The van der Waals surface area contributed by atoms with Gasteiger partial charge in [0.15, 0.2) is 17.5 Å². The van der Waals surface area contributed by atoms with Crippen molar-refractivity contribution in [2.45, 2.75) is 128 Å². The van der Waals surface area contributed by atoms with Crippen LogP contribution in [-0.4, -0.2) is 151 Å². The Morgan fingerprint density at radius 3 is 2.01 bits per heavy atom. The lowest BCUT2D eigenvalue weighted by molar-refractivity contribution is -0.346. The summed E-state index contributed by atoms with van der Waals surface area (Å²) >= 11 is 0. The number of carbonyl (C=O) groups is 9. The second-order valence-corrected chi connectivity index (χ2v) is 20.8. The van der Waals surface area contributed by atoms with Crippen LogP contribution in [0.1, 0.15) is 90.2 Å². The highest BCUT2D eigenvalue weighted by Gasteiger charge is 2.79. The number of Topliss-reactive ketones (excluding diaryl/α,β-unsaturated/α-hetero) is 1. The first kappa shape index (κ1) is 59.6. The van der Waals surface area contributed by atoms with Gasteiger partial charge in [-0.2, -0.15) is 0 Å². The fraction of sp³-hybridized carbons (Fsp3) is 0.509. The first-order valence-electron chi connectivity index (χ1n) is 24.8. The van der Waals surface area contributed by atoms with E-state index in [2.05, 4.69) is 18.5 Å². The number of carboxylic acid groups (broad SMARTS) is 1. The van der Waals surface area contributed by atoms with Crippen LogP contribution in [0.3, 0.4) is 0 Å². The number of nitrogens with one attached hydrogen (secondary N) is 1. The monoisotopic (exact) mass is 1090 g/mol. The Balaban J connectivity index is 1.63. The van der Waals surface area contributed by atoms with Gasteiger partial charge in [-0.1, -0.05) is 87.7 Å². The molecule has 0 spiro atoms. The minimum Gasteiger partial charge on any atom is -0.480 e. The first-order valence-corrected chi connectivity index (χ1v) is 24.8. The second-order valence-electron chi connectivity index (χ2n) is 20.8. The molecule has 0 unspecified atom stereocenters. The SMILES string of the molecule is C=CCOC(=O)O[C@H]1C(=O)[C@]2(C)[C@@H](OC(=O)OCC=C)C[C@H]3OC[C@@]3(OC(C)=O)[C@H]2[C@H](OC(=O)c2ccccc2)[C@]2(O)C[C@H](OC(=O)[C@H](OC(=O)COCC(=O)O)[C@@H](NC(=O)OC(C)(C)C)c3ccccc3)C(C)=C1C2(C)C. The zero-order valence-electron chi connectivity index (χ0n) is 44.5. The summed E-state index contributed by atoms with van der Waals surface area (Å²) < 4.78 is 63.6. The van der Waals surface area contributed by atoms with Gasteiger partial charge in [-0.05, 0) is 63.5 Å². The Morgan fingerprint density at radius 1 is 0.859 bits per heavy atom. The molecule has 2 aromatic carbocycles. The fourth-order valence-electron chi connectivity index (χ4n) is 10.8. The molecule has 1 amide bonds. The van der Waals surface area contributed by atoms with Gasteiger partial charge in [0.2, 0.25) is 6.10 Å². The van der Waals surface area contributed by atoms with Crippen LogP contribution >= 0.6 is 0 Å². The van der Waals surface area contributed by atoms with Crippen molar-refractivity contribution in [2.75, 3.05) is 33.0 Å². The number of benzene rings is 2. The van der Waals surface area contributed by atoms with Crippen molar-refractivity contribution in [3.63, 3.8) is 0 Å². The minimum atomic E-state index is -2.67. The lowest BCUT2D eigenvalue weighted by Gasteiger charge is -2.67. The van der Waals surface area contributed by atoms with Crippen LogP contribution in [-0.2, 0) is 76.1 Å². The Morgan fingerprint density at radius 2 is 1.46 bits per heavy atom. The van der Waals surface area contributed by atoms with Crippen LogP contribution in [0.5, 0.6) is 0 Å². The fourth-order valence-corrected chi connectivity index (χ4v) is 10.8. The van der Waals surface area contributed by atoms with Crippen molar-refractivity contribution in [2.24, 2.45) is 16.7 Å². The van der Waals surface area contributed by atoms with E-state index in [0.29, 0.717) is 0 Å². The highest BCUT2D eigenvalue weighted by molar-refractivity contribution is 5.96. The van der Waals surface area contributed by atoms with E-state index < -0.39 is 163 Å². The molecule has 1 heterocycles. The van der Waals surface area contributed by atoms with Crippen molar-refractivity contribution in [3.8, 4) is 0 Å². The Hall–Kier alpha value is -7.63. The van der Waals surface area contributed by atoms with Crippen molar-refractivity contribution < 1.29 is 105 Å². The molecular formula is C55H65NO22. The number of aliphatic carboxylic acids is 1. The molecule has 78 heavy (non-hydrogen) atoms.